The average Bonchev–Trinajstić information content (AvgIpc) is 2.77. The standard InChI is InChI=1S/C21H23N3O7/c1-3-30-18-9-7-15(8-10-18)13-23(2)19(25)14-31-20(26)12-22-21(27)16-5-4-6-17(11-16)24(28)29/h4-11H,3,12-14H2,1-2H3,(H,22,27). The van der Waals surface area contributed by atoms with Crippen molar-refractivity contribution >= 4 is 23.5 Å². The van der Waals surface area contributed by atoms with Gasteiger partial charge < -0.3 is 19.7 Å². The lowest BCUT2D eigenvalue weighted by atomic mass is 10.2. The number of rotatable bonds is 10. The Hall–Kier alpha value is -3.95. The Bertz CT molecular complexity index is 944. The van der Waals surface area contributed by atoms with Gasteiger partial charge in [-0.05, 0) is 30.7 Å². The molecule has 0 aliphatic rings. The van der Waals surface area contributed by atoms with Gasteiger partial charge in [0, 0.05) is 31.3 Å². The second kappa shape index (κ2) is 11.3. The molecule has 0 fully saturated rings. The van der Waals surface area contributed by atoms with Crippen molar-refractivity contribution in [1.29, 1.82) is 0 Å². The van der Waals surface area contributed by atoms with E-state index in [1.165, 1.54) is 23.1 Å². The number of amides is 2. The van der Waals surface area contributed by atoms with Crippen LogP contribution in [0.2, 0.25) is 0 Å². The van der Waals surface area contributed by atoms with Crippen molar-refractivity contribution in [2.75, 3.05) is 26.8 Å². The van der Waals surface area contributed by atoms with E-state index in [4.69, 9.17) is 9.47 Å². The molecule has 31 heavy (non-hydrogen) atoms. The molecule has 0 saturated heterocycles. The van der Waals surface area contributed by atoms with Crippen LogP contribution >= 0.6 is 0 Å². The molecule has 0 saturated carbocycles. The van der Waals surface area contributed by atoms with Gasteiger partial charge in [-0.3, -0.25) is 24.5 Å². The first-order valence-electron chi connectivity index (χ1n) is 9.44. The number of hydrogen-bond donors (Lipinski definition) is 1. The summed E-state index contributed by atoms with van der Waals surface area (Å²) in [6, 6.07) is 12.4. The fraction of sp³-hybridized carbons (Fsp3) is 0.286. The van der Waals surface area contributed by atoms with Gasteiger partial charge in [-0.2, -0.15) is 0 Å². The van der Waals surface area contributed by atoms with Crippen LogP contribution in [0.1, 0.15) is 22.8 Å². The highest BCUT2D eigenvalue weighted by Crippen LogP contribution is 2.14. The Kier molecular flexibility index (Phi) is 8.50. The van der Waals surface area contributed by atoms with Crippen LogP contribution in [-0.4, -0.2) is 54.4 Å². The number of hydrogen-bond acceptors (Lipinski definition) is 7. The van der Waals surface area contributed by atoms with Crippen LogP contribution in [0, 0.1) is 10.1 Å². The van der Waals surface area contributed by atoms with Crippen LogP contribution in [0.3, 0.4) is 0 Å². The van der Waals surface area contributed by atoms with Gasteiger partial charge in [-0.25, -0.2) is 0 Å². The van der Waals surface area contributed by atoms with Gasteiger partial charge in [0.05, 0.1) is 11.5 Å². The molecule has 2 aromatic rings. The molecule has 0 aromatic heterocycles. The SMILES string of the molecule is CCOc1ccc(CN(C)C(=O)COC(=O)CNC(=O)c2cccc([N+](=O)[O-])c2)cc1. The van der Waals surface area contributed by atoms with Crippen molar-refractivity contribution < 1.29 is 28.8 Å². The van der Waals surface area contributed by atoms with Crippen molar-refractivity contribution in [1.82, 2.24) is 10.2 Å². The fourth-order valence-electron chi connectivity index (χ4n) is 2.54. The maximum Gasteiger partial charge on any atom is 0.325 e. The highest BCUT2D eigenvalue weighted by atomic mass is 16.6. The molecule has 0 spiro atoms. The molecule has 0 aliphatic heterocycles. The fourth-order valence-corrected chi connectivity index (χ4v) is 2.54. The second-order valence-electron chi connectivity index (χ2n) is 6.48. The number of nitro groups is 1. The number of nitrogens with one attached hydrogen (secondary N) is 1. The number of carbonyl (C=O) groups excluding carboxylic acids is 3. The number of ether oxygens (including phenoxy) is 2. The lowest BCUT2D eigenvalue weighted by Crippen LogP contribution is -2.34. The smallest absolute Gasteiger partial charge is 0.325 e. The van der Waals surface area contributed by atoms with E-state index in [2.05, 4.69) is 5.32 Å². The Balaban J connectivity index is 1.75. The van der Waals surface area contributed by atoms with Crippen LogP contribution in [0.25, 0.3) is 0 Å². The summed E-state index contributed by atoms with van der Waals surface area (Å²) in [5.41, 5.74) is 0.680. The van der Waals surface area contributed by atoms with E-state index < -0.39 is 35.9 Å². The zero-order chi connectivity index (χ0) is 22.8. The van der Waals surface area contributed by atoms with E-state index in [1.54, 1.807) is 19.2 Å². The minimum absolute atomic E-state index is 0.0353. The summed E-state index contributed by atoms with van der Waals surface area (Å²) in [7, 11) is 1.58. The molecule has 0 bridgehead atoms. The molecule has 2 amide bonds. The largest absolute Gasteiger partial charge is 0.494 e. The predicted molar refractivity (Wildman–Crippen MR) is 110 cm³/mol. The number of carbonyl (C=O) groups is 3. The number of nitrogens with zero attached hydrogens (tertiary/aromatic N) is 2. The lowest BCUT2D eigenvalue weighted by Gasteiger charge is -2.17. The topological polar surface area (TPSA) is 128 Å². The molecular weight excluding hydrogens is 406 g/mol. The molecule has 2 aromatic carbocycles. The van der Waals surface area contributed by atoms with Crippen LogP contribution in [0.4, 0.5) is 5.69 Å². The average molecular weight is 429 g/mol. The normalized spacial score (nSPS) is 10.1. The molecule has 0 heterocycles. The van der Waals surface area contributed by atoms with Gasteiger partial charge in [0.15, 0.2) is 6.61 Å². The number of benzene rings is 2. The number of likely N-dealkylation sites (N-methyl/N-ethyl adjacent to an activating group) is 1. The van der Waals surface area contributed by atoms with E-state index in [1.807, 2.05) is 19.1 Å². The Labute approximate surface area is 178 Å². The van der Waals surface area contributed by atoms with Gasteiger partial charge in [0.2, 0.25) is 0 Å². The van der Waals surface area contributed by atoms with E-state index in [0.29, 0.717) is 13.2 Å². The molecule has 0 radical (unpaired) electrons. The van der Waals surface area contributed by atoms with Gasteiger partial charge >= 0.3 is 5.97 Å². The molecule has 0 unspecified atom stereocenters. The summed E-state index contributed by atoms with van der Waals surface area (Å²) in [5, 5.41) is 13.1. The van der Waals surface area contributed by atoms with E-state index in [-0.39, 0.29) is 11.3 Å². The Morgan fingerprint density at radius 1 is 1.13 bits per heavy atom. The highest BCUT2D eigenvalue weighted by molar-refractivity contribution is 5.96. The number of esters is 1. The van der Waals surface area contributed by atoms with Gasteiger partial charge in [0.25, 0.3) is 17.5 Å². The lowest BCUT2D eigenvalue weighted by molar-refractivity contribution is -0.384. The maximum absolute atomic E-state index is 12.2. The summed E-state index contributed by atoms with van der Waals surface area (Å²) in [6.07, 6.45) is 0. The van der Waals surface area contributed by atoms with Crippen LogP contribution < -0.4 is 10.1 Å². The molecule has 10 heteroatoms. The molecule has 10 nitrogen and oxygen atoms in total. The zero-order valence-electron chi connectivity index (χ0n) is 17.2. The predicted octanol–water partition coefficient (Wildman–Crippen LogP) is 1.93. The van der Waals surface area contributed by atoms with Crippen molar-refractivity contribution in [3.05, 3.63) is 69.8 Å². The molecule has 164 valence electrons. The maximum atomic E-state index is 12.2. The summed E-state index contributed by atoms with van der Waals surface area (Å²) in [4.78, 5) is 47.5. The molecular formula is C21H23N3O7. The van der Waals surface area contributed by atoms with E-state index >= 15 is 0 Å². The monoisotopic (exact) mass is 429 g/mol. The zero-order valence-corrected chi connectivity index (χ0v) is 17.2. The first kappa shape index (κ1) is 23.3. The highest BCUT2D eigenvalue weighted by Gasteiger charge is 2.15. The Morgan fingerprint density at radius 3 is 2.48 bits per heavy atom. The first-order chi connectivity index (χ1) is 14.8. The molecule has 0 atom stereocenters. The van der Waals surface area contributed by atoms with Crippen molar-refractivity contribution in [3.63, 3.8) is 0 Å². The van der Waals surface area contributed by atoms with Crippen molar-refractivity contribution in [2.45, 2.75) is 13.5 Å². The molecule has 2 rings (SSSR count). The summed E-state index contributed by atoms with van der Waals surface area (Å²) in [6.45, 7) is 1.83. The van der Waals surface area contributed by atoms with E-state index in [0.717, 1.165) is 17.4 Å². The van der Waals surface area contributed by atoms with Crippen LogP contribution in [0.5, 0.6) is 5.75 Å². The summed E-state index contributed by atoms with van der Waals surface area (Å²) < 4.78 is 10.3. The minimum atomic E-state index is -0.804. The summed E-state index contributed by atoms with van der Waals surface area (Å²) in [5.74, 6) is -1.14. The molecule has 0 aliphatic carbocycles. The molecule has 1 N–H and O–H groups in total. The van der Waals surface area contributed by atoms with Gasteiger partial charge in [-0.1, -0.05) is 18.2 Å². The van der Waals surface area contributed by atoms with E-state index in [9.17, 15) is 24.5 Å². The number of nitro benzene ring substituents is 1. The first-order valence-corrected chi connectivity index (χ1v) is 9.44. The van der Waals surface area contributed by atoms with Gasteiger partial charge in [-0.15, -0.1) is 0 Å². The second-order valence-corrected chi connectivity index (χ2v) is 6.48. The third kappa shape index (κ3) is 7.42. The van der Waals surface area contributed by atoms with Gasteiger partial charge in [0.1, 0.15) is 12.3 Å². The van der Waals surface area contributed by atoms with Crippen LogP contribution in [-0.2, 0) is 20.9 Å². The minimum Gasteiger partial charge on any atom is -0.494 e. The quantitative estimate of drug-likeness (QED) is 0.347. The van der Waals surface area contributed by atoms with Crippen molar-refractivity contribution in [3.8, 4) is 5.75 Å². The third-order valence-corrected chi connectivity index (χ3v) is 4.15. The van der Waals surface area contributed by atoms with Crippen molar-refractivity contribution in [2.24, 2.45) is 0 Å². The number of non-ortho nitro benzene ring substituents is 1. The van der Waals surface area contributed by atoms with Crippen LogP contribution in [0.15, 0.2) is 48.5 Å². The third-order valence-electron chi connectivity index (χ3n) is 4.15. The Morgan fingerprint density at radius 2 is 1.84 bits per heavy atom. The summed E-state index contributed by atoms with van der Waals surface area (Å²) >= 11 is 0.